The third-order valence-electron chi connectivity index (χ3n) is 6.57. The van der Waals surface area contributed by atoms with E-state index in [2.05, 4.69) is 5.32 Å². The summed E-state index contributed by atoms with van der Waals surface area (Å²) in [6.45, 7) is 4.86. The number of nitrogens with one attached hydrogen (secondary N) is 1. The van der Waals surface area contributed by atoms with Crippen LogP contribution in [0, 0.1) is 10.1 Å². The van der Waals surface area contributed by atoms with E-state index in [1.165, 1.54) is 30.3 Å². The molecule has 0 saturated carbocycles. The molecule has 10 heteroatoms. The summed E-state index contributed by atoms with van der Waals surface area (Å²) in [5, 5.41) is 30.6. The van der Waals surface area contributed by atoms with E-state index in [1.54, 1.807) is 20.8 Å². The molecule has 0 bridgehead atoms. The predicted octanol–water partition coefficient (Wildman–Crippen LogP) is 6.91. The molecule has 0 spiro atoms. The minimum absolute atomic E-state index is 0.0933. The van der Waals surface area contributed by atoms with E-state index in [9.17, 15) is 24.8 Å². The number of aliphatic hydroxyl groups excluding tert-OH is 1. The number of nitro benzene ring substituents is 1. The fourth-order valence-corrected chi connectivity index (χ4v) is 4.47. The number of ether oxygens (including phenoxy) is 1. The highest BCUT2D eigenvalue weighted by molar-refractivity contribution is 6.13. The van der Waals surface area contributed by atoms with Crippen LogP contribution >= 0.6 is 0 Å². The summed E-state index contributed by atoms with van der Waals surface area (Å²) in [5.41, 5.74) is 2.30. The van der Waals surface area contributed by atoms with Crippen LogP contribution in [0.25, 0.3) is 6.08 Å². The van der Waals surface area contributed by atoms with Crippen molar-refractivity contribution < 1.29 is 24.4 Å². The summed E-state index contributed by atoms with van der Waals surface area (Å²) < 4.78 is 5.64. The van der Waals surface area contributed by atoms with Gasteiger partial charge in [0.15, 0.2) is 0 Å². The second-order valence-electron chi connectivity index (χ2n) is 11.4. The van der Waals surface area contributed by atoms with Crippen molar-refractivity contribution in [1.82, 2.24) is 10.3 Å². The van der Waals surface area contributed by atoms with Crippen molar-refractivity contribution in [3.63, 3.8) is 0 Å². The summed E-state index contributed by atoms with van der Waals surface area (Å²) in [6, 6.07) is 31.6. The summed E-state index contributed by atoms with van der Waals surface area (Å²) in [7, 11) is 0. The van der Waals surface area contributed by atoms with Crippen LogP contribution in [0.1, 0.15) is 43.0 Å². The molecule has 4 rings (SSSR count). The van der Waals surface area contributed by atoms with E-state index in [1.807, 2.05) is 91.0 Å². The van der Waals surface area contributed by atoms with Gasteiger partial charge in [0.1, 0.15) is 23.9 Å². The van der Waals surface area contributed by atoms with Crippen LogP contribution < -0.4 is 5.32 Å². The van der Waals surface area contributed by atoms with Gasteiger partial charge in [0, 0.05) is 29.7 Å². The molecule has 2 amide bonds. The lowest BCUT2D eigenvalue weighted by Gasteiger charge is -2.27. The molecule has 0 unspecified atom stereocenters. The second-order valence-corrected chi connectivity index (χ2v) is 11.4. The van der Waals surface area contributed by atoms with Crippen LogP contribution in [-0.4, -0.2) is 50.9 Å². The van der Waals surface area contributed by atoms with E-state index in [4.69, 9.17) is 9.84 Å². The Morgan fingerprint density at radius 1 is 0.891 bits per heavy atom. The zero-order valence-corrected chi connectivity index (χ0v) is 25.9. The van der Waals surface area contributed by atoms with Crippen molar-refractivity contribution in [2.45, 2.75) is 38.8 Å². The van der Waals surface area contributed by atoms with Crippen LogP contribution in [0.4, 0.5) is 10.5 Å². The standard InChI is InChI=1S/C36H36N4O6/c1-36(2,3)46-34(42)32(24-26-13-7-4-8-14-26)37-35(43)39(25-31(41)23-27-19-21-30(22-20-27)40(44)45)38-33(28-15-9-5-10-16-28)29-17-11-6-12-18-29/h4-23,32,41H,24-25H2,1-3H3,(H,37,43)/b31-23-/t32-/m1/s1. The Labute approximate surface area is 267 Å². The van der Waals surface area contributed by atoms with E-state index in [0.29, 0.717) is 11.3 Å². The van der Waals surface area contributed by atoms with Crippen LogP contribution in [0.15, 0.2) is 126 Å². The summed E-state index contributed by atoms with van der Waals surface area (Å²) in [5.74, 6) is -0.865. The Morgan fingerprint density at radius 2 is 1.41 bits per heavy atom. The Morgan fingerprint density at radius 3 is 1.91 bits per heavy atom. The quantitative estimate of drug-likeness (QED) is 0.0615. The van der Waals surface area contributed by atoms with Gasteiger partial charge in [-0.15, -0.1) is 0 Å². The molecule has 1 atom stereocenters. The normalized spacial score (nSPS) is 12.0. The Bertz CT molecular complexity index is 1640. The van der Waals surface area contributed by atoms with Crippen LogP contribution in [-0.2, 0) is 16.0 Å². The maximum absolute atomic E-state index is 14.0. The molecule has 10 nitrogen and oxygen atoms in total. The zero-order valence-electron chi connectivity index (χ0n) is 25.9. The number of aliphatic hydroxyl groups is 1. The third kappa shape index (κ3) is 9.88. The van der Waals surface area contributed by atoms with E-state index >= 15 is 0 Å². The molecule has 0 saturated heterocycles. The van der Waals surface area contributed by atoms with Gasteiger partial charge in [0.25, 0.3) is 5.69 Å². The molecule has 0 fully saturated rings. The predicted molar refractivity (Wildman–Crippen MR) is 177 cm³/mol. The first kappa shape index (κ1) is 33.1. The number of esters is 1. The molecule has 0 heterocycles. The van der Waals surface area contributed by atoms with E-state index < -0.39 is 28.6 Å². The first-order valence-electron chi connectivity index (χ1n) is 14.7. The lowest BCUT2D eigenvalue weighted by atomic mass is 10.0. The van der Waals surface area contributed by atoms with Gasteiger partial charge in [0.2, 0.25) is 0 Å². The molecular formula is C36H36N4O6. The summed E-state index contributed by atoms with van der Waals surface area (Å²) in [4.78, 5) is 37.9. The van der Waals surface area contributed by atoms with Gasteiger partial charge < -0.3 is 15.2 Å². The minimum Gasteiger partial charge on any atom is -0.510 e. The van der Waals surface area contributed by atoms with Gasteiger partial charge in [-0.05, 0) is 50.1 Å². The van der Waals surface area contributed by atoms with Crippen molar-refractivity contribution in [2.24, 2.45) is 5.10 Å². The average molecular weight is 621 g/mol. The largest absolute Gasteiger partial charge is 0.510 e. The number of benzene rings is 4. The number of nitrogens with zero attached hydrogens (tertiary/aromatic N) is 3. The highest BCUT2D eigenvalue weighted by atomic mass is 16.6. The van der Waals surface area contributed by atoms with Gasteiger partial charge in [0.05, 0.1) is 10.6 Å². The van der Waals surface area contributed by atoms with Crippen LogP contribution in [0.5, 0.6) is 0 Å². The Kier molecular flexibility index (Phi) is 11.0. The number of hydrogen-bond acceptors (Lipinski definition) is 7. The Hall–Kier alpha value is -5.77. The summed E-state index contributed by atoms with van der Waals surface area (Å²) >= 11 is 0. The monoisotopic (exact) mass is 620 g/mol. The fraction of sp³-hybridized carbons (Fsp3) is 0.194. The van der Waals surface area contributed by atoms with E-state index in [0.717, 1.165) is 21.7 Å². The number of hydrazone groups is 1. The molecule has 0 aliphatic carbocycles. The fourth-order valence-electron chi connectivity index (χ4n) is 4.47. The van der Waals surface area contributed by atoms with Crippen molar-refractivity contribution in [1.29, 1.82) is 0 Å². The van der Waals surface area contributed by atoms with E-state index in [-0.39, 0.29) is 24.4 Å². The lowest BCUT2D eigenvalue weighted by Crippen LogP contribution is -2.49. The van der Waals surface area contributed by atoms with Crippen LogP contribution in [0.3, 0.4) is 0 Å². The minimum atomic E-state index is -1.07. The smallest absolute Gasteiger partial charge is 0.338 e. The Balaban J connectivity index is 1.73. The van der Waals surface area contributed by atoms with Gasteiger partial charge in [-0.1, -0.05) is 91.0 Å². The van der Waals surface area contributed by atoms with Crippen molar-refractivity contribution in [3.05, 3.63) is 153 Å². The first-order valence-corrected chi connectivity index (χ1v) is 14.7. The summed E-state index contributed by atoms with van der Waals surface area (Å²) in [6.07, 6.45) is 1.55. The highest BCUT2D eigenvalue weighted by Gasteiger charge is 2.29. The molecular weight excluding hydrogens is 584 g/mol. The number of carbonyl (C=O) groups is 2. The number of hydrogen-bond donors (Lipinski definition) is 2. The molecule has 46 heavy (non-hydrogen) atoms. The average Bonchev–Trinajstić information content (AvgIpc) is 3.03. The van der Waals surface area contributed by atoms with Gasteiger partial charge in [-0.25, -0.2) is 14.6 Å². The number of rotatable bonds is 11. The number of urea groups is 1. The lowest BCUT2D eigenvalue weighted by molar-refractivity contribution is -0.384. The topological polar surface area (TPSA) is 134 Å². The number of non-ortho nitro benzene ring substituents is 1. The van der Waals surface area contributed by atoms with Gasteiger partial charge in [-0.3, -0.25) is 10.1 Å². The molecule has 0 radical (unpaired) electrons. The molecule has 0 aliphatic heterocycles. The van der Waals surface area contributed by atoms with Crippen molar-refractivity contribution >= 4 is 29.5 Å². The van der Waals surface area contributed by atoms with Crippen molar-refractivity contribution in [2.75, 3.05) is 6.54 Å². The molecule has 236 valence electrons. The number of nitro groups is 1. The SMILES string of the molecule is CC(C)(C)OC(=O)[C@@H](Cc1ccccc1)NC(=O)N(C/C(O)=C/c1ccc([N+](=O)[O-])cc1)N=C(c1ccccc1)c1ccccc1. The highest BCUT2D eigenvalue weighted by Crippen LogP contribution is 2.17. The van der Waals surface area contributed by atoms with Crippen molar-refractivity contribution in [3.8, 4) is 0 Å². The molecule has 0 aromatic heterocycles. The number of amides is 2. The van der Waals surface area contributed by atoms with Gasteiger partial charge in [-0.2, -0.15) is 5.10 Å². The zero-order chi connectivity index (χ0) is 33.1. The van der Waals surface area contributed by atoms with Crippen LogP contribution in [0.2, 0.25) is 0 Å². The number of carbonyl (C=O) groups excluding carboxylic acids is 2. The maximum atomic E-state index is 14.0. The third-order valence-corrected chi connectivity index (χ3v) is 6.57. The maximum Gasteiger partial charge on any atom is 0.338 e. The second kappa shape index (κ2) is 15.3. The first-order chi connectivity index (χ1) is 22.0. The van der Waals surface area contributed by atoms with Gasteiger partial charge >= 0.3 is 12.0 Å². The molecule has 0 aliphatic rings. The molecule has 2 N–H and O–H groups in total. The molecule has 4 aromatic rings. The molecule has 4 aromatic carbocycles.